The van der Waals surface area contributed by atoms with Gasteiger partial charge in [0.25, 0.3) is 5.91 Å². The van der Waals surface area contributed by atoms with Gasteiger partial charge in [0.1, 0.15) is 17.3 Å². The molecule has 120 valence electrons. The summed E-state index contributed by atoms with van der Waals surface area (Å²) < 4.78 is 31.6. The fraction of sp³-hybridized carbons (Fsp3) is 0.176. The van der Waals surface area contributed by atoms with Crippen LogP contribution in [0.2, 0.25) is 0 Å². The largest absolute Gasteiger partial charge is 0.452 e. The van der Waals surface area contributed by atoms with Gasteiger partial charge in [-0.3, -0.25) is 4.79 Å². The van der Waals surface area contributed by atoms with Crippen LogP contribution in [0.25, 0.3) is 0 Å². The zero-order chi connectivity index (χ0) is 16.8. The van der Waals surface area contributed by atoms with Crippen LogP contribution in [0.4, 0.5) is 14.5 Å². The van der Waals surface area contributed by atoms with Crippen LogP contribution >= 0.6 is 0 Å². The van der Waals surface area contributed by atoms with E-state index in [9.17, 15) is 18.4 Å². The summed E-state index contributed by atoms with van der Waals surface area (Å²) in [5.74, 6) is -3.32. The van der Waals surface area contributed by atoms with E-state index in [1.165, 1.54) is 6.07 Å². The molecule has 0 radical (unpaired) electrons. The third kappa shape index (κ3) is 4.35. The van der Waals surface area contributed by atoms with Crippen molar-refractivity contribution in [2.45, 2.75) is 13.3 Å². The summed E-state index contributed by atoms with van der Waals surface area (Å²) in [7, 11) is 0. The molecule has 2 aromatic rings. The van der Waals surface area contributed by atoms with Gasteiger partial charge in [-0.2, -0.15) is 0 Å². The number of hydrogen-bond acceptors (Lipinski definition) is 3. The van der Waals surface area contributed by atoms with Gasteiger partial charge in [-0.05, 0) is 36.2 Å². The molecule has 23 heavy (non-hydrogen) atoms. The number of esters is 1. The molecule has 0 aliphatic heterocycles. The average Bonchev–Trinajstić information content (AvgIpc) is 2.56. The van der Waals surface area contributed by atoms with Crippen LogP contribution in [0.15, 0.2) is 42.5 Å². The number of rotatable bonds is 5. The van der Waals surface area contributed by atoms with E-state index >= 15 is 0 Å². The van der Waals surface area contributed by atoms with E-state index < -0.39 is 35.8 Å². The fourth-order valence-corrected chi connectivity index (χ4v) is 1.88. The summed E-state index contributed by atoms with van der Waals surface area (Å²) in [4.78, 5) is 23.4. The summed E-state index contributed by atoms with van der Waals surface area (Å²) in [6.45, 7) is 1.35. The van der Waals surface area contributed by atoms with Crippen molar-refractivity contribution in [3.63, 3.8) is 0 Å². The number of ether oxygens (including phenoxy) is 1. The quantitative estimate of drug-likeness (QED) is 0.860. The van der Waals surface area contributed by atoms with Crippen LogP contribution in [-0.2, 0) is 16.0 Å². The molecule has 2 aromatic carbocycles. The van der Waals surface area contributed by atoms with Gasteiger partial charge in [-0.1, -0.05) is 25.1 Å². The maximum absolute atomic E-state index is 13.4. The molecule has 0 aliphatic carbocycles. The SMILES string of the molecule is CCc1ccc(C(=O)OCC(=O)Nc2c(F)cccc2F)cc1. The van der Waals surface area contributed by atoms with E-state index in [1.807, 2.05) is 12.2 Å². The van der Waals surface area contributed by atoms with E-state index in [1.54, 1.807) is 24.3 Å². The lowest BCUT2D eigenvalue weighted by Crippen LogP contribution is -2.22. The molecule has 0 aromatic heterocycles. The summed E-state index contributed by atoms with van der Waals surface area (Å²) in [6.07, 6.45) is 0.839. The summed E-state index contributed by atoms with van der Waals surface area (Å²) in [6, 6.07) is 9.96. The Morgan fingerprint density at radius 2 is 1.65 bits per heavy atom. The Morgan fingerprint density at radius 1 is 1.04 bits per heavy atom. The number of aryl methyl sites for hydroxylation is 1. The predicted molar refractivity (Wildman–Crippen MR) is 81.1 cm³/mol. The first kappa shape index (κ1) is 16.6. The van der Waals surface area contributed by atoms with Gasteiger partial charge in [-0.15, -0.1) is 0 Å². The number of hydrogen-bond donors (Lipinski definition) is 1. The van der Waals surface area contributed by atoms with E-state index in [-0.39, 0.29) is 0 Å². The molecule has 1 N–H and O–H groups in total. The molecular formula is C17H15F2NO3. The first-order valence-corrected chi connectivity index (χ1v) is 7.01. The second kappa shape index (κ2) is 7.49. The number of carbonyl (C=O) groups excluding carboxylic acids is 2. The Morgan fingerprint density at radius 3 is 2.22 bits per heavy atom. The maximum atomic E-state index is 13.4. The Balaban J connectivity index is 1.92. The minimum absolute atomic E-state index is 0.298. The number of anilines is 1. The highest BCUT2D eigenvalue weighted by Crippen LogP contribution is 2.17. The molecule has 2 rings (SSSR count). The molecule has 0 heterocycles. The zero-order valence-corrected chi connectivity index (χ0v) is 12.4. The first-order valence-electron chi connectivity index (χ1n) is 7.01. The van der Waals surface area contributed by atoms with Crippen molar-refractivity contribution in [1.82, 2.24) is 0 Å². The van der Waals surface area contributed by atoms with Crippen molar-refractivity contribution in [1.29, 1.82) is 0 Å². The third-order valence-electron chi connectivity index (χ3n) is 3.16. The number of para-hydroxylation sites is 1. The van der Waals surface area contributed by atoms with E-state index in [4.69, 9.17) is 4.74 Å². The molecule has 6 heteroatoms. The number of carbonyl (C=O) groups is 2. The van der Waals surface area contributed by atoms with Crippen LogP contribution in [-0.4, -0.2) is 18.5 Å². The van der Waals surface area contributed by atoms with E-state index in [0.29, 0.717) is 5.56 Å². The smallest absolute Gasteiger partial charge is 0.338 e. The predicted octanol–water partition coefficient (Wildman–Crippen LogP) is 3.32. The van der Waals surface area contributed by atoms with Crippen molar-refractivity contribution >= 4 is 17.6 Å². The zero-order valence-electron chi connectivity index (χ0n) is 12.4. The highest BCUT2D eigenvalue weighted by Gasteiger charge is 2.14. The maximum Gasteiger partial charge on any atom is 0.338 e. The Hall–Kier alpha value is -2.76. The second-order valence-electron chi connectivity index (χ2n) is 4.77. The molecule has 0 spiro atoms. The number of nitrogens with one attached hydrogen (secondary N) is 1. The van der Waals surface area contributed by atoms with Crippen molar-refractivity contribution in [2.75, 3.05) is 11.9 Å². The minimum atomic E-state index is -0.903. The molecule has 0 aliphatic rings. The van der Waals surface area contributed by atoms with Gasteiger partial charge in [-0.25, -0.2) is 13.6 Å². The molecule has 0 bridgehead atoms. The highest BCUT2D eigenvalue weighted by atomic mass is 19.1. The van der Waals surface area contributed by atoms with Gasteiger partial charge >= 0.3 is 5.97 Å². The van der Waals surface area contributed by atoms with Crippen LogP contribution in [0.5, 0.6) is 0 Å². The topological polar surface area (TPSA) is 55.4 Å². The van der Waals surface area contributed by atoms with Gasteiger partial charge in [0.15, 0.2) is 6.61 Å². The normalized spacial score (nSPS) is 10.2. The first-order chi connectivity index (χ1) is 11.0. The Labute approximate surface area is 132 Å². The molecule has 4 nitrogen and oxygen atoms in total. The Bertz CT molecular complexity index is 694. The Kier molecular flexibility index (Phi) is 5.41. The van der Waals surface area contributed by atoms with Crippen LogP contribution in [0.3, 0.4) is 0 Å². The van der Waals surface area contributed by atoms with Crippen LogP contribution < -0.4 is 5.32 Å². The van der Waals surface area contributed by atoms with Gasteiger partial charge in [0.2, 0.25) is 0 Å². The molecule has 1 amide bonds. The van der Waals surface area contributed by atoms with Crippen LogP contribution in [0.1, 0.15) is 22.8 Å². The molecule has 0 saturated carbocycles. The van der Waals surface area contributed by atoms with Crippen molar-refractivity contribution in [3.8, 4) is 0 Å². The summed E-state index contributed by atoms with van der Waals surface area (Å²) in [5.41, 5.74) is 0.794. The molecule has 0 saturated heterocycles. The number of halogens is 2. The highest BCUT2D eigenvalue weighted by molar-refractivity contribution is 5.95. The van der Waals surface area contributed by atoms with Gasteiger partial charge in [0.05, 0.1) is 5.56 Å². The average molecular weight is 319 g/mol. The third-order valence-corrected chi connectivity index (χ3v) is 3.16. The van der Waals surface area contributed by atoms with Crippen molar-refractivity contribution in [3.05, 3.63) is 65.2 Å². The lowest BCUT2D eigenvalue weighted by molar-refractivity contribution is -0.119. The number of amides is 1. The lowest BCUT2D eigenvalue weighted by atomic mass is 10.1. The van der Waals surface area contributed by atoms with Crippen molar-refractivity contribution in [2.24, 2.45) is 0 Å². The van der Waals surface area contributed by atoms with E-state index in [0.717, 1.165) is 24.1 Å². The second-order valence-corrected chi connectivity index (χ2v) is 4.77. The molecular weight excluding hydrogens is 304 g/mol. The monoisotopic (exact) mass is 319 g/mol. The van der Waals surface area contributed by atoms with Crippen LogP contribution in [0, 0.1) is 11.6 Å². The summed E-state index contributed by atoms with van der Waals surface area (Å²) >= 11 is 0. The fourth-order valence-electron chi connectivity index (χ4n) is 1.88. The molecule has 0 fully saturated rings. The van der Waals surface area contributed by atoms with Gasteiger partial charge < -0.3 is 10.1 Å². The number of benzene rings is 2. The van der Waals surface area contributed by atoms with Crippen molar-refractivity contribution < 1.29 is 23.1 Å². The lowest BCUT2D eigenvalue weighted by Gasteiger charge is -2.08. The van der Waals surface area contributed by atoms with E-state index in [2.05, 4.69) is 0 Å². The standard InChI is InChI=1S/C17H15F2NO3/c1-2-11-6-8-12(9-7-11)17(22)23-10-15(21)20-16-13(18)4-3-5-14(16)19/h3-9H,2,10H2,1H3,(H,20,21). The summed E-state index contributed by atoms with van der Waals surface area (Å²) in [5, 5.41) is 2.04. The molecule has 0 atom stereocenters. The molecule has 0 unspecified atom stereocenters. The minimum Gasteiger partial charge on any atom is -0.452 e. The van der Waals surface area contributed by atoms with Gasteiger partial charge in [0, 0.05) is 0 Å².